The fourth-order valence-electron chi connectivity index (χ4n) is 2.01. The molecule has 0 spiro atoms. The largest absolute Gasteiger partial charge is 0.465 e. The Morgan fingerprint density at radius 2 is 2.04 bits per heavy atom. The van der Waals surface area contributed by atoms with Gasteiger partial charge in [-0.15, -0.1) is 0 Å². The standard InChI is InChI=1S/C17H15FN2O3/c18-14-7-5-12(10-15(14)20-17(22)11-3-4-11)19-16(21)8-6-13-2-1-9-23-13/h1-2,5-11H,3-4H2,(H,19,21)(H,20,22)/b8-6+. The summed E-state index contributed by atoms with van der Waals surface area (Å²) in [6.45, 7) is 0. The normalized spacial score (nSPS) is 14.0. The van der Waals surface area contributed by atoms with Crippen molar-refractivity contribution < 1.29 is 18.4 Å². The molecule has 2 aromatic rings. The summed E-state index contributed by atoms with van der Waals surface area (Å²) in [7, 11) is 0. The quantitative estimate of drug-likeness (QED) is 0.831. The van der Waals surface area contributed by atoms with Gasteiger partial charge in [-0.2, -0.15) is 0 Å². The molecular weight excluding hydrogens is 299 g/mol. The molecule has 1 fully saturated rings. The smallest absolute Gasteiger partial charge is 0.248 e. The Labute approximate surface area is 132 Å². The highest BCUT2D eigenvalue weighted by molar-refractivity contribution is 6.02. The monoisotopic (exact) mass is 314 g/mol. The summed E-state index contributed by atoms with van der Waals surface area (Å²) in [4.78, 5) is 23.5. The summed E-state index contributed by atoms with van der Waals surface area (Å²) in [5, 5.41) is 5.15. The first-order valence-corrected chi connectivity index (χ1v) is 7.25. The number of nitrogens with one attached hydrogen (secondary N) is 2. The van der Waals surface area contributed by atoms with E-state index < -0.39 is 5.82 Å². The number of anilines is 2. The van der Waals surface area contributed by atoms with Gasteiger partial charge in [0.05, 0.1) is 12.0 Å². The Balaban J connectivity index is 1.65. The number of halogens is 1. The van der Waals surface area contributed by atoms with Gasteiger partial charge in [0.2, 0.25) is 11.8 Å². The molecule has 1 saturated carbocycles. The molecule has 1 aromatic heterocycles. The van der Waals surface area contributed by atoms with Crippen LogP contribution in [-0.4, -0.2) is 11.8 Å². The Morgan fingerprint density at radius 1 is 1.22 bits per heavy atom. The van der Waals surface area contributed by atoms with E-state index in [1.165, 1.54) is 36.6 Å². The summed E-state index contributed by atoms with van der Waals surface area (Å²) in [6.07, 6.45) is 6.01. The lowest BCUT2D eigenvalue weighted by Crippen LogP contribution is -2.15. The van der Waals surface area contributed by atoms with Crippen molar-refractivity contribution in [3.8, 4) is 0 Å². The number of carbonyl (C=O) groups excluding carboxylic acids is 2. The molecule has 2 N–H and O–H groups in total. The highest BCUT2D eigenvalue weighted by atomic mass is 19.1. The third-order valence-corrected chi connectivity index (χ3v) is 3.38. The molecule has 2 amide bonds. The Kier molecular flexibility index (Phi) is 4.23. The summed E-state index contributed by atoms with van der Waals surface area (Å²) in [5.74, 6) is -0.582. The van der Waals surface area contributed by atoms with E-state index in [0.29, 0.717) is 11.4 Å². The van der Waals surface area contributed by atoms with Gasteiger partial charge < -0.3 is 15.1 Å². The molecule has 0 aliphatic heterocycles. The molecule has 0 bridgehead atoms. The fraction of sp³-hybridized carbons (Fsp3) is 0.176. The van der Waals surface area contributed by atoms with Crippen LogP contribution in [0.15, 0.2) is 47.1 Å². The second kappa shape index (κ2) is 6.48. The zero-order valence-electron chi connectivity index (χ0n) is 12.2. The molecule has 118 valence electrons. The predicted octanol–water partition coefficient (Wildman–Crippen LogP) is 3.42. The third-order valence-electron chi connectivity index (χ3n) is 3.38. The van der Waals surface area contributed by atoms with Gasteiger partial charge in [-0.05, 0) is 49.2 Å². The molecule has 1 aromatic carbocycles. The van der Waals surface area contributed by atoms with Gasteiger partial charge in [0, 0.05) is 17.7 Å². The van der Waals surface area contributed by atoms with Crippen molar-refractivity contribution in [2.75, 3.05) is 10.6 Å². The minimum absolute atomic E-state index is 0.0242. The minimum atomic E-state index is -0.539. The Morgan fingerprint density at radius 3 is 2.74 bits per heavy atom. The van der Waals surface area contributed by atoms with E-state index in [0.717, 1.165) is 12.8 Å². The molecule has 0 atom stereocenters. The molecule has 5 nitrogen and oxygen atoms in total. The summed E-state index contributed by atoms with van der Waals surface area (Å²) >= 11 is 0. The van der Waals surface area contributed by atoms with Crippen molar-refractivity contribution >= 4 is 29.3 Å². The van der Waals surface area contributed by atoms with E-state index in [-0.39, 0.29) is 23.4 Å². The summed E-state index contributed by atoms with van der Waals surface area (Å²) < 4.78 is 18.8. The fourth-order valence-corrected chi connectivity index (χ4v) is 2.01. The van der Waals surface area contributed by atoms with Crippen LogP contribution in [0.5, 0.6) is 0 Å². The van der Waals surface area contributed by atoms with Crippen molar-refractivity contribution in [2.24, 2.45) is 5.92 Å². The van der Waals surface area contributed by atoms with Gasteiger partial charge >= 0.3 is 0 Å². The first-order valence-electron chi connectivity index (χ1n) is 7.25. The number of benzene rings is 1. The molecular formula is C17H15FN2O3. The topological polar surface area (TPSA) is 71.3 Å². The van der Waals surface area contributed by atoms with E-state index in [4.69, 9.17) is 4.42 Å². The maximum absolute atomic E-state index is 13.7. The molecule has 0 unspecified atom stereocenters. The first-order chi connectivity index (χ1) is 11.1. The molecule has 0 saturated heterocycles. The van der Waals surface area contributed by atoms with Crippen molar-refractivity contribution in [3.05, 3.63) is 54.2 Å². The van der Waals surface area contributed by atoms with E-state index in [9.17, 15) is 14.0 Å². The lowest BCUT2D eigenvalue weighted by molar-refractivity contribution is -0.117. The second-order valence-corrected chi connectivity index (χ2v) is 5.30. The first kappa shape index (κ1) is 15.0. The minimum Gasteiger partial charge on any atom is -0.465 e. The number of rotatable bonds is 5. The molecule has 23 heavy (non-hydrogen) atoms. The molecule has 1 aliphatic carbocycles. The second-order valence-electron chi connectivity index (χ2n) is 5.30. The third kappa shape index (κ3) is 4.06. The number of hydrogen-bond acceptors (Lipinski definition) is 3. The zero-order chi connectivity index (χ0) is 16.2. The Hall–Kier alpha value is -2.89. The van der Waals surface area contributed by atoms with Crippen LogP contribution in [0.4, 0.5) is 15.8 Å². The van der Waals surface area contributed by atoms with Gasteiger partial charge in [-0.3, -0.25) is 9.59 Å². The maximum atomic E-state index is 13.7. The molecule has 6 heteroatoms. The molecule has 3 rings (SSSR count). The molecule has 0 radical (unpaired) electrons. The van der Waals surface area contributed by atoms with Crippen LogP contribution in [0.2, 0.25) is 0 Å². The number of furan rings is 1. The lowest BCUT2D eigenvalue weighted by atomic mass is 10.2. The predicted molar refractivity (Wildman–Crippen MR) is 84.1 cm³/mol. The highest BCUT2D eigenvalue weighted by Gasteiger charge is 2.30. The maximum Gasteiger partial charge on any atom is 0.248 e. The Bertz CT molecular complexity index is 749. The van der Waals surface area contributed by atoms with Crippen LogP contribution in [0.1, 0.15) is 18.6 Å². The van der Waals surface area contributed by atoms with Gasteiger partial charge in [0.25, 0.3) is 0 Å². The van der Waals surface area contributed by atoms with Crippen molar-refractivity contribution in [3.63, 3.8) is 0 Å². The van der Waals surface area contributed by atoms with Crippen LogP contribution >= 0.6 is 0 Å². The number of amides is 2. The highest BCUT2D eigenvalue weighted by Crippen LogP contribution is 2.31. The SMILES string of the molecule is O=C(/C=C/c1ccco1)Nc1ccc(F)c(NC(=O)C2CC2)c1. The van der Waals surface area contributed by atoms with Crippen molar-refractivity contribution in [2.45, 2.75) is 12.8 Å². The summed E-state index contributed by atoms with van der Waals surface area (Å²) in [6, 6.07) is 7.46. The molecule has 1 aliphatic rings. The average Bonchev–Trinajstić information content (AvgIpc) is 3.25. The number of hydrogen-bond donors (Lipinski definition) is 2. The van der Waals surface area contributed by atoms with Crippen LogP contribution < -0.4 is 10.6 Å². The van der Waals surface area contributed by atoms with Gasteiger partial charge in [0.15, 0.2) is 0 Å². The van der Waals surface area contributed by atoms with Crippen molar-refractivity contribution in [1.82, 2.24) is 0 Å². The number of carbonyl (C=O) groups is 2. The van der Waals surface area contributed by atoms with Crippen LogP contribution in [0.3, 0.4) is 0 Å². The van der Waals surface area contributed by atoms with Crippen molar-refractivity contribution in [1.29, 1.82) is 0 Å². The van der Waals surface area contributed by atoms with Gasteiger partial charge in [-0.25, -0.2) is 4.39 Å². The van der Waals surface area contributed by atoms with Crippen LogP contribution in [0, 0.1) is 11.7 Å². The summed E-state index contributed by atoms with van der Waals surface area (Å²) in [5.41, 5.74) is 0.460. The average molecular weight is 314 g/mol. The van der Waals surface area contributed by atoms with Gasteiger partial charge in [0.1, 0.15) is 11.6 Å². The zero-order valence-corrected chi connectivity index (χ0v) is 12.2. The van der Waals surface area contributed by atoms with E-state index in [2.05, 4.69) is 10.6 Å². The van der Waals surface area contributed by atoms with Crippen LogP contribution in [0.25, 0.3) is 6.08 Å². The van der Waals surface area contributed by atoms with E-state index >= 15 is 0 Å². The van der Waals surface area contributed by atoms with E-state index in [1.54, 1.807) is 12.1 Å². The molecule has 1 heterocycles. The lowest BCUT2D eigenvalue weighted by Gasteiger charge is -2.08. The van der Waals surface area contributed by atoms with Crippen LogP contribution in [-0.2, 0) is 9.59 Å². The van der Waals surface area contributed by atoms with E-state index in [1.807, 2.05) is 0 Å². The van der Waals surface area contributed by atoms with Gasteiger partial charge in [-0.1, -0.05) is 0 Å².